The van der Waals surface area contributed by atoms with Crippen molar-refractivity contribution >= 4 is 0 Å². The summed E-state index contributed by atoms with van der Waals surface area (Å²) >= 11 is 0. The minimum atomic E-state index is -0.359. The van der Waals surface area contributed by atoms with E-state index in [1.54, 1.807) is 6.08 Å². The molecule has 0 aromatic rings. The molecule has 0 aromatic carbocycles. The molecule has 9 heavy (non-hydrogen) atoms. The number of halogens is 1. The van der Waals surface area contributed by atoms with Gasteiger partial charge in [-0.2, -0.15) is 4.39 Å². The lowest BCUT2D eigenvalue weighted by Crippen LogP contribution is -2.26. The van der Waals surface area contributed by atoms with E-state index in [1.807, 2.05) is 6.92 Å². The lowest BCUT2D eigenvalue weighted by atomic mass is 10.2. The van der Waals surface area contributed by atoms with E-state index in [4.69, 9.17) is 5.73 Å². The monoisotopic (exact) mass is 128 g/mol. The Kier molecular flexibility index (Phi) is 1.42. The second-order valence-electron chi connectivity index (χ2n) is 2.09. The molecule has 1 aliphatic heterocycles. The average molecular weight is 128 g/mol. The van der Waals surface area contributed by atoms with E-state index in [1.165, 1.54) is 6.08 Å². The highest BCUT2D eigenvalue weighted by molar-refractivity contribution is 5.23. The maximum atomic E-state index is 12.3. The Morgan fingerprint density at radius 2 is 2.44 bits per heavy atom. The fourth-order valence-corrected chi connectivity index (χ4v) is 0.784. The Morgan fingerprint density at radius 3 is 2.89 bits per heavy atom. The molecule has 0 radical (unpaired) electrons. The predicted molar refractivity (Wildman–Crippen MR) is 34.1 cm³/mol. The zero-order chi connectivity index (χ0) is 6.85. The molecule has 3 N–H and O–H groups in total. The van der Waals surface area contributed by atoms with E-state index in [-0.39, 0.29) is 12.0 Å². The van der Waals surface area contributed by atoms with Crippen molar-refractivity contribution in [1.29, 1.82) is 0 Å². The van der Waals surface area contributed by atoms with E-state index >= 15 is 0 Å². The standard InChI is InChI=1S/C6H9FN2/c1-4-2-5(8)3-6(7)9-4/h2-4,9H,8H2,1H3. The third-order valence-electron chi connectivity index (χ3n) is 1.10. The number of allylic oxidation sites excluding steroid dienone is 1. The molecule has 0 fully saturated rings. The molecule has 0 amide bonds. The quantitative estimate of drug-likeness (QED) is 0.469. The van der Waals surface area contributed by atoms with Crippen LogP contribution in [0.25, 0.3) is 0 Å². The molecular formula is C6H9FN2. The number of rotatable bonds is 0. The van der Waals surface area contributed by atoms with Crippen LogP contribution in [0.5, 0.6) is 0 Å². The van der Waals surface area contributed by atoms with Gasteiger partial charge in [0.1, 0.15) is 0 Å². The molecule has 1 unspecified atom stereocenters. The van der Waals surface area contributed by atoms with Gasteiger partial charge in [-0.1, -0.05) is 0 Å². The molecule has 2 nitrogen and oxygen atoms in total. The van der Waals surface area contributed by atoms with Gasteiger partial charge in [-0.15, -0.1) is 0 Å². The van der Waals surface area contributed by atoms with Crippen LogP contribution >= 0.6 is 0 Å². The Balaban J connectivity index is 2.74. The first kappa shape index (κ1) is 6.13. The summed E-state index contributed by atoms with van der Waals surface area (Å²) in [5.41, 5.74) is 5.81. The average Bonchev–Trinajstić information content (AvgIpc) is 1.59. The Hall–Kier alpha value is -0.990. The van der Waals surface area contributed by atoms with Gasteiger partial charge < -0.3 is 11.1 Å². The molecule has 3 heteroatoms. The number of hydrogen-bond acceptors (Lipinski definition) is 2. The van der Waals surface area contributed by atoms with Crippen LogP contribution in [0, 0.1) is 0 Å². The Bertz CT molecular complexity index is 172. The minimum Gasteiger partial charge on any atom is -0.399 e. The number of dihydropyridines is 1. The normalized spacial score (nSPS) is 26.2. The molecule has 1 heterocycles. The van der Waals surface area contributed by atoms with Gasteiger partial charge in [0.25, 0.3) is 0 Å². The second kappa shape index (κ2) is 2.09. The lowest BCUT2D eigenvalue weighted by molar-refractivity contribution is 0.513. The van der Waals surface area contributed by atoms with Crippen molar-refractivity contribution in [3.63, 3.8) is 0 Å². The molecule has 0 saturated carbocycles. The third-order valence-corrected chi connectivity index (χ3v) is 1.10. The molecule has 0 bridgehead atoms. The summed E-state index contributed by atoms with van der Waals surface area (Å²) < 4.78 is 12.3. The SMILES string of the molecule is CC1C=C(N)C=C(F)N1. The van der Waals surface area contributed by atoms with Gasteiger partial charge >= 0.3 is 0 Å². The van der Waals surface area contributed by atoms with E-state index < -0.39 is 0 Å². The van der Waals surface area contributed by atoms with Crippen molar-refractivity contribution in [1.82, 2.24) is 5.32 Å². The summed E-state index contributed by atoms with van der Waals surface area (Å²) in [6.07, 6.45) is 3.02. The molecular weight excluding hydrogens is 119 g/mol. The highest BCUT2D eigenvalue weighted by Crippen LogP contribution is 2.05. The number of hydrogen-bond donors (Lipinski definition) is 2. The summed E-state index contributed by atoms with van der Waals surface area (Å²) in [4.78, 5) is 0. The minimum absolute atomic E-state index is 0.00926. The van der Waals surface area contributed by atoms with E-state index in [9.17, 15) is 4.39 Å². The van der Waals surface area contributed by atoms with Crippen LogP contribution in [0.15, 0.2) is 23.8 Å². The van der Waals surface area contributed by atoms with E-state index in [0.29, 0.717) is 5.70 Å². The molecule has 0 aliphatic carbocycles. The van der Waals surface area contributed by atoms with Crippen molar-refractivity contribution in [2.24, 2.45) is 5.73 Å². The summed E-state index contributed by atoms with van der Waals surface area (Å²) in [5, 5.41) is 2.55. The molecule has 1 aliphatic rings. The van der Waals surface area contributed by atoms with E-state index in [0.717, 1.165) is 0 Å². The summed E-state index contributed by atoms with van der Waals surface area (Å²) in [7, 11) is 0. The first-order valence-corrected chi connectivity index (χ1v) is 2.79. The molecule has 1 rings (SSSR count). The highest BCUT2D eigenvalue weighted by atomic mass is 19.1. The molecule has 0 aromatic heterocycles. The largest absolute Gasteiger partial charge is 0.399 e. The summed E-state index contributed by atoms with van der Waals surface area (Å²) in [5.74, 6) is -0.359. The molecule has 50 valence electrons. The van der Waals surface area contributed by atoms with Crippen LogP contribution in [0.3, 0.4) is 0 Å². The maximum absolute atomic E-state index is 12.3. The maximum Gasteiger partial charge on any atom is 0.189 e. The van der Waals surface area contributed by atoms with Gasteiger partial charge in [-0.3, -0.25) is 0 Å². The van der Waals surface area contributed by atoms with Gasteiger partial charge in [0.15, 0.2) is 5.95 Å². The Labute approximate surface area is 53.2 Å². The highest BCUT2D eigenvalue weighted by Gasteiger charge is 2.05. The zero-order valence-electron chi connectivity index (χ0n) is 5.19. The van der Waals surface area contributed by atoms with Crippen LogP contribution in [0.1, 0.15) is 6.92 Å². The first-order chi connectivity index (χ1) is 4.18. The van der Waals surface area contributed by atoms with Gasteiger partial charge in [-0.05, 0) is 13.0 Å². The summed E-state index contributed by atoms with van der Waals surface area (Å²) in [6, 6.07) is 0.00926. The van der Waals surface area contributed by atoms with Crippen LogP contribution in [-0.2, 0) is 0 Å². The van der Waals surface area contributed by atoms with Gasteiger partial charge in [0, 0.05) is 17.8 Å². The third kappa shape index (κ3) is 1.45. The van der Waals surface area contributed by atoms with Crippen molar-refractivity contribution in [2.45, 2.75) is 13.0 Å². The van der Waals surface area contributed by atoms with Crippen LogP contribution in [0.4, 0.5) is 4.39 Å². The fraction of sp³-hybridized carbons (Fsp3) is 0.333. The lowest BCUT2D eigenvalue weighted by Gasteiger charge is -2.13. The number of nitrogens with two attached hydrogens (primary N) is 1. The van der Waals surface area contributed by atoms with Crippen molar-refractivity contribution in [3.8, 4) is 0 Å². The second-order valence-corrected chi connectivity index (χ2v) is 2.09. The summed E-state index contributed by atoms with van der Waals surface area (Å²) in [6.45, 7) is 1.83. The van der Waals surface area contributed by atoms with Gasteiger partial charge in [0.2, 0.25) is 0 Å². The van der Waals surface area contributed by atoms with Gasteiger partial charge in [0.05, 0.1) is 0 Å². The van der Waals surface area contributed by atoms with Crippen LogP contribution in [-0.4, -0.2) is 6.04 Å². The molecule has 0 saturated heterocycles. The van der Waals surface area contributed by atoms with Gasteiger partial charge in [-0.25, -0.2) is 0 Å². The predicted octanol–water partition coefficient (Wildman–Crippen LogP) is 0.632. The van der Waals surface area contributed by atoms with Crippen molar-refractivity contribution < 1.29 is 4.39 Å². The molecule has 1 atom stereocenters. The van der Waals surface area contributed by atoms with Crippen molar-refractivity contribution in [2.75, 3.05) is 0 Å². The zero-order valence-corrected chi connectivity index (χ0v) is 5.19. The van der Waals surface area contributed by atoms with Crippen LogP contribution in [0.2, 0.25) is 0 Å². The fourth-order valence-electron chi connectivity index (χ4n) is 0.784. The number of nitrogens with one attached hydrogen (secondary N) is 1. The van der Waals surface area contributed by atoms with Crippen molar-refractivity contribution in [3.05, 3.63) is 23.8 Å². The topological polar surface area (TPSA) is 38.0 Å². The van der Waals surface area contributed by atoms with E-state index in [2.05, 4.69) is 5.32 Å². The first-order valence-electron chi connectivity index (χ1n) is 2.79. The Morgan fingerprint density at radius 1 is 1.78 bits per heavy atom. The molecule has 0 spiro atoms. The van der Waals surface area contributed by atoms with Crippen LogP contribution < -0.4 is 11.1 Å². The smallest absolute Gasteiger partial charge is 0.189 e.